The number of carbonyl (C=O) groups excluding carboxylic acids is 2. The van der Waals surface area contributed by atoms with Gasteiger partial charge in [0.1, 0.15) is 5.75 Å². The summed E-state index contributed by atoms with van der Waals surface area (Å²) < 4.78 is 4.54. The minimum atomic E-state index is -0.379. The molecule has 1 aromatic rings. The Hall–Kier alpha value is -1.84. The van der Waals surface area contributed by atoms with Gasteiger partial charge in [0.15, 0.2) is 5.78 Å². The molecule has 0 saturated carbocycles. The van der Waals surface area contributed by atoms with Crippen molar-refractivity contribution in [3.63, 3.8) is 0 Å². The van der Waals surface area contributed by atoms with Gasteiger partial charge in [-0.25, -0.2) is 0 Å². The van der Waals surface area contributed by atoms with Crippen LogP contribution in [0.2, 0.25) is 0 Å². The lowest BCUT2D eigenvalue weighted by atomic mass is 10.0. The molecule has 0 aromatic heterocycles. The summed E-state index contributed by atoms with van der Waals surface area (Å²) in [5.74, 6) is -0.620. The van der Waals surface area contributed by atoms with Gasteiger partial charge in [0.2, 0.25) is 0 Å². The predicted molar refractivity (Wildman–Crippen MR) is 56.3 cm³/mol. The maximum Gasteiger partial charge on any atom is 0.306 e. The van der Waals surface area contributed by atoms with E-state index in [0.717, 1.165) is 5.56 Å². The van der Waals surface area contributed by atoms with E-state index in [1.54, 1.807) is 12.1 Å². The van der Waals surface area contributed by atoms with Crippen LogP contribution in [0.1, 0.15) is 22.3 Å². The van der Waals surface area contributed by atoms with Crippen molar-refractivity contribution in [2.24, 2.45) is 5.92 Å². The fourth-order valence-corrected chi connectivity index (χ4v) is 2.02. The molecule has 0 bridgehead atoms. The number of hydrogen-bond acceptors (Lipinski definition) is 4. The molecule has 0 heterocycles. The van der Waals surface area contributed by atoms with Crippen molar-refractivity contribution in [3.05, 3.63) is 29.3 Å². The van der Waals surface area contributed by atoms with Crippen molar-refractivity contribution in [1.29, 1.82) is 0 Å². The second-order valence-corrected chi connectivity index (χ2v) is 3.89. The second kappa shape index (κ2) is 3.96. The highest BCUT2D eigenvalue weighted by Gasteiger charge is 2.32. The fraction of sp³-hybridized carbons (Fsp3) is 0.333. The summed E-state index contributed by atoms with van der Waals surface area (Å²) in [4.78, 5) is 23.0. The Bertz CT molecular complexity index is 450. The molecule has 0 amide bonds. The monoisotopic (exact) mass is 220 g/mol. The molecule has 1 atom stereocenters. The lowest BCUT2D eigenvalue weighted by molar-refractivity contribution is -0.141. The van der Waals surface area contributed by atoms with Crippen LogP contribution in [-0.4, -0.2) is 24.0 Å². The highest BCUT2D eigenvalue weighted by Crippen LogP contribution is 2.31. The van der Waals surface area contributed by atoms with Crippen molar-refractivity contribution in [3.8, 4) is 5.75 Å². The van der Waals surface area contributed by atoms with Crippen LogP contribution in [0.25, 0.3) is 0 Å². The maximum atomic E-state index is 11.9. The molecule has 0 spiro atoms. The standard InChI is InChI=1S/C12H12O4/c1-16-11(14)6-8-4-7-5-9(13)2-3-10(7)12(8)15/h2-3,5,8,13H,4,6H2,1H3. The van der Waals surface area contributed by atoms with Gasteiger partial charge < -0.3 is 9.84 Å². The Morgan fingerprint density at radius 1 is 1.56 bits per heavy atom. The minimum Gasteiger partial charge on any atom is -0.508 e. The number of aromatic hydroxyl groups is 1. The number of phenolic OH excluding ortho intramolecular Hbond substituents is 1. The number of ketones is 1. The van der Waals surface area contributed by atoms with E-state index in [0.29, 0.717) is 12.0 Å². The highest BCUT2D eigenvalue weighted by atomic mass is 16.5. The number of ether oxygens (including phenoxy) is 1. The Balaban J connectivity index is 2.20. The van der Waals surface area contributed by atoms with Crippen molar-refractivity contribution in [2.45, 2.75) is 12.8 Å². The summed E-state index contributed by atoms with van der Waals surface area (Å²) in [5.41, 5.74) is 1.41. The molecule has 1 unspecified atom stereocenters. The third-order valence-corrected chi connectivity index (χ3v) is 2.83. The van der Waals surface area contributed by atoms with Crippen molar-refractivity contribution in [1.82, 2.24) is 0 Å². The summed E-state index contributed by atoms with van der Waals surface area (Å²) in [6.45, 7) is 0. The molecule has 4 nitrogen and oxygen atoms in total. The van der Waals surface area contributed by atoms with Crippen LogP contribution in [0.15, 0.2) is 18.2 Å². The third kappa shape index (κ3) is 1.78. The number of carbonyl (C=O) groups is 2. The SMILES string of the molecule is COC(=O)CC1Cc2cc(O)ccc2C1=O. The van der Waals surface area contributed by atoms with Crippen LogP contribution in [-0.2, 0) is 16.0 Å². The number of hydrogen-bond donors (Lipinski definition) is 1. The zero-order valence-corrected chi connectivity index (χ0v) is 8.90. The molecule has 0 saturated heterocycles. The van der Waals surface area contributed by atoms with Crippen molar-refractivity contribution >= 4 is 11.8 Å². The summed E-state index contributed by atoms with van der Waals surface area (Å²) >= 11 is 0. The van der Waals surface area contributed by atoms with Crippen LogP contribution < -0.4 is 0 Å². The lowest BCUT2D eigenvalue weighted by Gasteiger charge is -2.04. The Morgan fingerprint density at radius 2 is 2.31 bits per heavy atom. The molecule has 1 N–H and O–H groups in total. The van der Waals surface area contributed by atoms with E-state index < -0.39 is 0 Å². The van der Waals surface area contributed by atoms with Crippen LogP contribution in [0, 0.1) is 5.92 Å². The first kappa shape index (κ1) is 10.7. The Morgan fingerprint density at radius 3 is 3.00 bits per heavy atom. The second-order valence-electron chi connectivity index (χ2n) is 3.89. The lowest BCUT2D eigenvalue weighted by Crippen LogP contribution is -2.15. The highest BCUT2D eigenvalue weighted by molar-refractivity contribution is 6.03. The van der Waals surface area contributed by atoms with Gasteiger partial charge in [-0.2, -0.15) is 0 Å². The first-order valence-electron chi connectivity index (χ1n) is 5.04. The number of methoxy groups -OCH3 is 1. The summed E-state index contributed by atoms with van der Waals surface area (Å²) in [6.07, 6.45) is 0.600. The van der Waals surface area contributed by atoms with Crippen LogP contribution in [0.4, 0.5) is 0 Å². The topological polar surface area (TPSA) is 63.6 Å². The predicted octanol–water partition coefficient (Wildman–Crippen LogP) is 1.31. The van der Waals surface area contributed by atoms with Gasteiger partial charge in [-0.1, -0.05) is 0 Å². The van der Waals surface area contributed by atoms with Crippen LogP contribution in [0.3, 0.4) is 0 Å². The van der Waals surface area contributed by atoms with Gasteiger partial charge in [0.25, 0.3) is 0 Å². The quantitative estimate of drug-likeness (QED) is 0.763. The molecule has 16 heavy (non-hydrogen) atoms. The minimum absolute atomic E-state index is 0.0413. The van der Waals surface area contributed by atoms with E-state index in [2.05, 4.69) is 4.74 Å². The van der Waals surface area contributed by atoms with Crippen molar-refractivity contribution in [2.75, 3.05) is 7.11 Å². The van der Waals surface area contributed by atoms with Gasteiger partial charge in [0.05, 0.1) is 13.5 Å². The number of phenols is 1. The molecule has 0 fully saturated rings. The Labute approximate surface area is 92.8 Å². The van der Waals surface area contributed by atoms with Gasteiger partial charge in [0, 0.05) is 11.5 Å². The molecular weight excluding hydrogens is 208 g/mol. The molecule has 0 aliphatic heterocycles. The summed E-state index contributed by atoms with van der Waals surface area (Å²) in [5, 5.41) is 9.29. The Kier molecular flexibility index (Phi) is 2.64. The number of Topliss-reactive ketones (excluding diaryl/α,β-unsaturated/α-hetero) is 1. The van der Waals surface area contributed by atoms with Gasteiger partial charge in [-0.15, -0.1) is 0 Å². The van der Waals surface area contributed by atoms with E-state index in [9.17, 15) is 14.7 Å². The molecule has 0 radical (unpaired) electrons. The maximum absolute atomic E-state index is 11.9. The molecular formula is C12H12O4. The number of esters is 1. The number of fused-ring (bicyclic) bond motifs is 1. The first-order valence-corrected chi connectivity index (χ1v) is 5.04. The fourth-order valence-electron chi connectivity index (χ4n) is 2.02. The zero-order chi connectivity index (χ0) is 11.7. The molecule has 84 valence electrons. The van der Waals surface area contributed by atoms with E-state index in [1.165, 1.54) is 13.2 Å². The van der Waals surface area contributed by atoms with Crippen LogP contribution >= 0.6 is 0 Å². The average Bonchev–Trinajstić information content (AvgIpc) is 2.55. The average molecular weight is 220 g/mol. The van der Waals surface area contributed by atoms with E-state index in [4.69, 9.17) is 0 Å². The summed E-state index contributed by atoms with van der Waals surface area (Å²) in [6, 6.07) is 4.66. The third-order valence-electron chi connectivity index (χ3n) is 2.83. The number of rotatable bonds is 2. The van der Waals surface area contributed by atoms with Crippen molar-refractivity contribution < 1.29 is 19.4 Å². The van der Waals surface area contributed by atoms with E-state index in [-0.39, 0.29) is 29.8 Å². The van der Waals surface area contributed by atoms with E-state index in [1.807, 2.05) is 0 Å². The number of benzene rings is 1. The summed E-state index contributed by atoms with van der Waals surface area (Å²) in [7, 11) is 1.31. The molecule has 1 aromatic carbocycles. The molecule has 2 rings (SSSR count). The smallest absolute Gasteiger partial charge is 0.306 e. The largest absolute Gasteiger partial charge is 0.508 e. The molecule has 1 aliphatic rings. The van der Waals surface area contributed by atoms with Gasteiger partial charge >= 0.3 is 5.97 Å². The zero-order valence-electron chi connectivity index (χ0n) is 8.90. The molecule has 4 heteroatoms. The van der Waals surface area contributed by atoms with Crippen LogP contribution in [0.5, 0.6) is 5.75 Å². The van der Waals surface area contributed by atoms with Gasteiger partial charge in [-0.3, -0.25) is 9.59 Å². The van der Waals surface area contributed by atoms with Gasteiger partial charge in [-0.05, 0) is 30.2 Å². The normalized spacial score (nSPS) is 18.3. The molecule has 1 aliphatic carbocycles. The van der Waals surface area contributed by atoms with E-state index >= 15 is 0 Å². The first-order chi connectivity index (χ1) is 7.61.